The Morgan fingerprint density at radius 2 is 1.86 bits per heavy atom. The predicted molar refractivity (Wildman–Crippen MR) is 128 cm³/mol. The van der Waals surface area contributed by atoms with Gasteiger partial charge in [0.2, 0.25) is 10.0 Å². The molecule has 13 heteroatoms. The Bertz CT molecular complexity index is 1270. The highest BCUT2D eigenvalue weighted by atomic mass is 35.5. The number of carbonyl (C=O) groups is 1. The number of hydrogen-bond donors (Lipinski definition) is 3. The van der Waals surface area contributed by atoms with Crippen LogP contribution in [0.25, 0.3) is 0 Å². The van der Waals surface area contributed by atoms with Crippen LogP contribution in [-0.4, -0.2) is 56.0 Å². The number of alkyl carbamates (subject to hydrolysis) is 1. The van der Waals surface area contributed by atoms with Gasteiger partial charge in [0.15, 0.2) is 0 Å². The minimum absolute atomic E-state index is 0.0525. The molecular formula is C22H25ClN6O5S. The first-order valence-corrected chi connectivity index (χ1v) is 13.1. The molecule has 0 bridgehead atoms. The van der Waals surface area contributed by atoms with Crippen LogP contribution in [0.2, 0.25) is 5.02 Å². The van der Waals surface area contributed by atoms with Crippen LogP contribution in [0.3, 0.4) is 0 Å². The van der Waals surface area contributed by atoms with Crippen molar-refractivity contribution in [2.24, 2.45) is 0 Å². The van der Waals surface area contributed by atoms with Crippen molar-refractivity contribution in [3.05, 3.63) is 51.4 Å². The van der Waals surface area contributed by atoms with Crippen LogP contribution in [0.5, 0.6) is 0 Å². The molecule has 186 valence electrons. The number of benzene rings is 1. The van der Waals surface area contributed by atoms with Gasteiger partial charge in [0.05, 0.1) is 35.0 Å². The van der Waals surface area contributed by atoms with Gasteiger partial charge in [-0.2, -0.15) is 10.4 Å². The number of hydrogen-bond acceptors (Lipinski definition) is 8. The van der Waals surface area contributed by atoms with E-state index >= 15 is 0 Å². The molecule has 0 radical (unpaired) electrons. The van der Waals surface area contributed by atoms with Crippen LogP contribution in [0, 0.1) is 11.3 Å². The monoisotopic (exact) mass is 520 g/mol. The maximum atomic E-state index is 12.6. The van der Waals surface area contributed by atoms with E-state index in [9.17, 15) is 18.0 Å². The van der Waals surface area contributed by atoms with Gasteiger partial charge < -0.3 is 15.0 Å². The zero-order chi connectivity index (χ0) is 25.0. The zero-order valence-electron chi connectivity index (χ0n) is 18.7. The van der Waals surface area contributed by atoms with Crippen LogP contribution in [0.1, 0.15) is 37.7 Å². The maximum absolute atomic E-state index is 12.6. The molecule has 1 aromatic heterocycles. The molecule has 2 aliphatic rings. The average molecular weight is 521 g/mol. The number of rotatable bonds is 6. The Hall–Kier alpha value is -3.14. The van der Waals surface area contributed by atoms with Gasteiger partial charge in [-0.05, 0) is 49.9 Å². The first kappa shape index (κ1) is 25.0. The van der Waals surface area contributed by atoms with E-state index < -0.39 is 21.7 Å². The number of aromatic nitrogens is 2. The van der Waals surface area contributed by atoms with Gasteiger partial charge >= 0.3 is 6.09 Å². The number of carbonyl (C=O) groups excluding carboxylic acids is 1. The van der Waals surface area contributed by atoms with E-state index in [0.717, 1.165) is 0 Å². The highest BCUT2D eigenvalue weighted by molar-refractivity contribution is 7.89. The fraction of sp³-hybridized carbons (Fsp3) is 0.455. The SMILES string of the molecule is N#Cc1ccc(S(=O)(=O)N[C@H]2CC[C@H](NC(=O)O[C@@H]3CCN(c4cn[nH]c(=O)c4Cl)C3)CC2)cc1. The van der Waals surface area contributed by atoms with Crippen molar-refractivity contribution < 1.29 is 17.9 Å². The molecule has 11 nitrogen and oxygen atoms in total. The summed E-state index contributed by atoms with van der Waals surface area (Å²) in [5.74, 6) is 0. The van der Waals surface area contributed by atoms with E-state index in [-0.39, 0.29) is 28.1 Å². The van der Waals surface area contributed by atoms with Gasteiger partial charge in [-0.3, -0.25) is 4.79 Å². The molecule has 1 atom stereocenters. The number of halogens is 1. The van der Waals surface area contributed by atoms with Crippen molar-refractivity contribution in [1.29, 1.82) is 5.26 Å². The minimum Gasteiger partial charge on any atom is -0.444 e. The minimum atomic E-state index is -3.69. The topological polar surface area (TPSA) is 157 Å². The molecule has 3 N–H and O–H groups in total. The zero-order valence-corrected chi connectivity index (χ0v) is 20.3. The molecule has 1 aliphatic heterocycles. The lowest BCUT2D eigenvalue weighted by molar-refractivity contribution is 0.102. The van der Waals surface area contributed by atoms with E-state index in [0.29, 0.717) is 56.4 Å². The van der Waals surface area contributed by atoms with E-state index in [2.05, 4.69) is 20.2 Å². The van der Waals surface area contributed by atoms with Crippen molar-refractivity contribution in [3.8, 4) is 6.07 Å². The number of amides is 1. The summed E-state index contributed by atoms with van der Waals surface area (Å²) in [5, 5.41) is 17.8. The number of aromatic amines is 1. The molecule has 2 fully saturated rings. The highest BCUT2D eigenvalue weighted by Gasteiger charge is 2.30. The number of nitrogens with one attached hydrogen (secondary N) is 3. The van der Waals surface area contributed by atoms with E-state index in [1.54, 1.807) is 0 Å². The third kappa shape index (κ3) is 6.11. The fourth-order valence-corrected chi connectivity index (χ4v) is 5.86. The van der Waals surface area contributed by atoms with Crippen molar-refractivity contribution in [1.82, 2.24) is 20.2 Å². The molecule has 4 rings (SSSR count). The summed E-state index contributed by atoms with van der Waals surface area (Å²) >= 11 is 6.05. The Kier molecular flexibility index (Phi) is 7.59. The van der Waals surface area contributed by atoms with E-state index in [4.69, 9.17) is 21.6 Å². The standard InChI is InChI=1S/C22H25ClN6O5S/c23-20-19(12-25-27-21(20)30)29-10-9-17(13-29)34-22(31)26-15-3-5-16(6-4-15)28-35(32,33)18-7-1-14(11-24)2-8-18/h1-2,7-8,12,15-17,28H,3-6,9-10,13H2,(H,26,31)(H,27,30)/t15-,16-,17-/m1/s1. The number of sulfonamides is 1. The summed E-state index contributed by atoms with van der Waals surface area (Å²) in [4.78, 5) is 26.0. The summed E-state index contributed by atoms with van der Waals surface area (Å²) in [6.45, 7) is 0.982. The van der Waals surface area contributed by atoms with Gasteiger partial charge in [0.25, 0.3) is 5.56 Å². The van der Waals surface area contributed by atoms with Crippen LogP contribution >= 0.6 is 11.6 Å². The molecule has 0 unspecified atom stereocenters. The third-order valence-electron chi connectivity index (χ3n) is 6.20. The molecule has 1 saturated carbocycles. The van der Waals surface area contributed by atoms with Crippen LogP contribution in [0.15, 0.2) is 40.2 Å². The molecular weight excluding hydrogens is 496 g/mol. The smallest absolute Gasteiger partial charge is 0.407 e. The molecule has 1 amide bonds. The fourth-order valence-electron chi connectivity index (χ4n) is 4.34. The molecule has 35 heavy (non-hydrogen) atoms. The van der Waals surface area contributed by atoms with Crippen molar-refractivity contribution in [2.75, 3.05) is 18.0 Å². The average Bonchev–Trinajstić information content (AvgIpc) is 3.30. The Labute approximate surface area is 207 Å². The van der Waals surface area contributed by atoms with Crippen LogP contribution < -0.4 is 20.5 Å². The number of ether oxygens (including phenoxy) is 1. The lowest BCUT2D eigenvalue weighted by atomic mass is 9.92. The van der Waals surface area contributed by atoms with E-state index in [1.165, 1.54) is 30.5 Å². The highest BCUT2D eigenvalue weighted by Crippen LogP contribution is 2.26. The van der Waals surface area contributed by atoms with Crippen molar-refractivity contribution >= 4 is 33.4 Å². The Morgan fingerprint density at radius 1 is 1.17 bits per heavy atom. The van der Waals surface area contributed by atoms with Gasteiger partial charge in [-0.1, -0.05) is 11.6 Å². The largest absolute Gasteiger partial charge is 0.444 e. The maximum Gasteiger partial charge on any atom is 0.407 e. The lowest BCUT2D eigenvalue weighted by Gasteiger charge is -2.29. The molecule has 2 heterocycles. The lowest BCUT2D eigenvalue weighted by Crippen LogP contribution is -2.44. The number of nitrogens with zero attached hydrogens (tertiary/aromatic N) is 3. The quantitative estimate of drug-likeness (QED) is 0.521. The first-order chi connectivity index (χ1) is 16.7. The summed E-state index contributed by atoms with van der Waals surface area (Å²) in [5.41, 5.74) is 0.425. The van der Waals surface area contributed by atoms with Gasteiger partial charge in [0.1, 0.15) is 11.1 Å². The van der Waals surface area contributed by atoms with Crippen molar-refractivity contribution in [2.45, 2.75) is 55.2 Å². The van der Waals surface area contributed by atoms with Gasteiger partial charge in [-0.15, -0.1) is 0 Å². The van der Waals surface area contributed by atoms with Crippen LogP contribution in [0.4, 0.5) is 10.5 Å². The molecule has 1 aliphatic carbocycles. The normalized spacial score (nSPS) is 22.4. The molecule has 0 spiro atoms. The Balaban J connectivity index is 1.22. The summed E-state index contributed by atoms with van der Waals surface area (Å²) < 4.78 is 33.5. The molecule has 1 saturated heterocycles. The number of H-pyrrole nitrogens is 1. The van der Waals surface area contributed by atoms with Crippen molar-refractivity contribution in [3.63, 3.8) is 0 Å². The summed E-state index contributed by atoms with van der Waals surface area (Å²) in [6, 6.07) is 7.37. The second-order valence-electron chi connectivity index (χ2n) is 8.61. The molecule has 1 aromatic carbocycles. The molecule has 2 aromatic rings. The predicted octanol–water partition coefficient (Wildman–Crippen LogP) is 1.89. The number of nitriles is 1. The van der Waals surface area contributed by atoms with Gasteiger partial charge in [0, 0.05) is 25.0 Å². The Morgan fingerprint density at radius 3 is 2.54 bits per heavy atom. The number of anilines is 1. The summed E-state index contributed by atoms with van der Waals surface area (Å²) in [6.07, 6.45) is 3.58. The summed E-state index contributed by atoms with van der Waals surface area (Å²) in [7, 11) is -3.69. The second-order valence-corrected chi connectivity index (χ2v) is 10.7. The van der Waals surface area contributed by atoms with Crippen LogP contribution in [-0.2, 0) is 14.8 Å². The first-order valence-electron chi connectivity index (χ1n) is 11.2. The third-order valence-corrected chi connectivity index (χ3v) is 8.10. The van der Waals surface area contributed by atoms with E-state index in [1.807, 2.05) is 11.0 Å². The van der Waals surface area contributed by atoms with Gasteiger partial charge in [-0.25, -0.2) is 23.0 Å². The second kappa shape index (κ2) is 10.6.